The molecule has 0 aromatic heterocycles. The Bertz CT molecular complexity index is 173. The summed E-state index contributed by atoms with van der Waals surface area (Å²) in [5, 5.41) is 0. The topological polar surface area (TPSA) is 6.48 Å². The summed E-state index contributed by atoms with van der Waals surface area (Å²) in [5.74, 6) is 4.89. The molecule has 0 bridgehead atoms. The summed E-state index contributed by atoms with van der Waals surface area (Å²) in [6, 6.07) is 0. The van der Waals surface area contributed by atoms with Crippen LogP contribution in [0.4, 0.5) is 0 Å². The Hall–Kier alpha value is 1.84. The first-order valence-electron chi connectivity index (χ1n) is 4.73. The molecule has 2 fully saturated rings. The van der Waals surface area contributed by atoms with Gasteiger partial charge in [0.1, 0.15) is 0 Å². The summed E-state index contributed by atoms with van der Waals surface area (Å²) >= 11 is 9.35. The molecule has 15 heavy (non-hydrogen) atoms. The van der Waals surface area contributed by atoms with E-state index in [0.717, 1.165) is 21.9 Å². The molecule has 2 aliphatic heterocycles. The predicted molar refractivity (Wildman–Crippen MR) is 78.7 cm³/mol. The van der Waals surface area contributed by atoms with E-state index in [4.69, 9.17) is 0 Å². The van der Waals surface area contributed by atoms with Gasteiger partial charge in [-0.15, -0.1) is 0 Å². The van der Waals surface area contributed by atoms with Crippen molar-refractivity contribution in [1.82, 2.24) is 9.80 Å². The van der Waals surface area contributed by atoms with E-state index in [1.54, 1.807) is 0 Å². The van der Waals surface area contributed by atoms with Crippen LogP contribution >= 0.6 is 47.0 Å². The summed E-state index contributed by atoms with van der Waals surface area (Å²) in [4.78, 5) is 4.80. The fourth-order valence-electron chi connectivity index (χ4n) is 1.17. The van der Waals surface area contributed by atoms with Gasteiger partial charge < -0.3 is 0 Å². The van der Waals surface area contributed by atoms with E-state index in [-0.39, 0.29) is 0 Å². The van der Waals surface area contributed by atoms with Crippen molar-refractivity contribution in [3.63, 3.8) is 0 Å². The molecule has 0 saturated carbocycles. The Morgan fingerprint density at radius 1 is 0.800 bits per heavy atom. The summed E-state index contributed by atoms with van der Waals surface area (Å²) in [7, 11) is 4.42. The molecule has 0 unspecified atom stereocenters. The van der Waals surface area contributed by atoms with Gasteiger partial charge in [-0.05, 0) is 0 Å². The second-order valence-corrected chi connectivity index (χ2v) is 13.7. The van der Waals surface area contributed by atoms with E-state index in [1.165, 1.54) is 23.5 Å². The van der Waals surface area contributed by atoms with Crippen molar-refractivity contribution in [1.29, 1.82) is 0 Å². The van der Waals surface area contributed by atoms with Gasteiger partial charge in [0, 0.05) is 0 Å². The monoisotopic (exact) mass is 348 g/mol. The van der Waals surface area contributed by atoms with E-state index in [2.05, 4.69) is 70.9 Å². The van der Waals surface area contributed by atoms with Gasteiger partial charge in [0.05, 0.1) is 0 Å². The zero-order chi connectivity index (χ0) is 10.7. The van der Waals surface area contributed by atoms with Crippen LogP contribution in [-0.4, -0.2) is 69.3 Å². The maximum atomic E-state index is 2.40. The molecule has 0 N–H and O–H groups in total. The van der Waals surface area contributed by atoms with Crippen LogP contribution in [0.1, 0.15) is 0 Å². The number of nitrogens with zero attached hydrogens (tertiary/aromatic N) is 2. The zero-order valence-corrected chi connectivity index (χ0v) is 13.9. The van der Waals surface area contributed by atoms with Gasteiger partial charge in [0.25, 0.3) is 0 Å². The van der Waals surface area contributed by atoms with Gasteiger partial charge in [0.2, 0.25) is 0 Å². The molecule has 0 aliphatic carbocycles. The molecule has 2 rings (SSSR count). The molecule has 2 aliphatic rings. The summed E-state index contributed by atoms with van der Waals surface area (Å²) < 4.78 is 1.78. The van der Waals surface area contributed by atoms with Crippen LogP contribution in [0.3, 0.4) is 0 Å². The molecule has 0 aromatic rings. The second-order valence-electron chi connectivity index (χ2n) is 3.61. The number of thioether (sulfide) groups is 4. The fourth-order valence-corrected chi connectivity index (χ4v) is 12.7. The Morgan fingerprint density at radius 2 is 1.13 bits per heavy atom. The molecule has 0 amide bonds. The fraction of sp³-hybridized carbons (Fsp3) is 1.00. The minimum atomic E-state index is 0.785. The van der Waals surface area contributed by atoms with Crippen molar-refractivity contribution in [2.45, 2.75) is 6.96 Å². The van der Waals surface area contributed by atoms with Crippen LogP contribution in [0.2, 0.25) is 0 Å². The van der Waals surface area contributed by atoms with Crippen molar-refractivity contribution in [2.75, 3.05) is 37.6 Å². The van der Waals surface area contributed by atoms with E-state index in [1.807, 2.05) is 0 Å². The van der Waals surface area contributed by atoms with Gasteiger partial charge in [0.15, 0.2) is 0 Å². The van der Waals surface area contributed by atoms with Crippen LogP contribution < -0.4 is 0 Å². The number of hydrogen-bond acceptors (Lipinski definition) is 6. The SMILES string of the molecule is CN1CSC([Se]C2SCN(C)CS2)SC1. The van der Waals surface area contributed by atoms with E-state index < -0.39 is 0 Å². The standard InChI is InChI=1S/C8H16N2S4Se/c1-9-3-11-7(12-4-9)15-8-13-5-10(2)6-14-8/h7-8H,3-6H2,1-2H3. The predicted octanol–water partition coefficient (Wildman–Crippen LogP) is 1.91. The van der Waals surface area contributed by atoms with Gasteiger partial charge in [-0.3, -0.25) is 0 Å². The third-order valence-electron chi connectivity index (χ3n) is 1.95. The Morgan fingerprint density at radius 3 is 1.47 bits per heavy atom. The maximum absolute atomic E-state index is 2.40. The zero-order valence-electron chi connectivity index (χ0n) is 8.92. The van der Waals surface area contributed by atoms with Crippen LogP contribution in [0.25, 0.3) is 0 Å². The van der Waals surface area contributed by atoms with Crippen LogP contribution in [0.5, 0.6) is 0 Å². The third-order valence-corrected chi connectivity index (χ3v) is 13.7. The van der Waals surface area contributed by atoms with Crippen LogP contribution in [0, 0.1) is 0 Å². The van der Waals surface area contributed by atoms with Crippen molar-refractivity contribution in [3.8, 4) is 0 Å². The second kappa shape index (κ2) is 6.69. The van der Waals surface area contributed by atoms with Crippen LogP contribution in [0.15, 0.2) is 0 Å². The molecular formula is C8H16N2S4Se. The molecule has 0 atom stereocenters. The van der Waals surface area contributed by atoms with E-state index in [0.29, 0.717) is 0 Å². The van der Waals surface area contributed by atoms with Gasteiger partial charge >= 0.3 is 116 Å². The average molecular weight is 347 g/mol. The average Bonchev–Trinajstić information content (AvgIpc) is 2.25. The van der Waals surface area contributed by atoms with Crippen molar-refractivity contribution in [2.24, 2.45) is 0 Å². The molecule has 2 nitrogen and oxygen atoms in total. The molecular weight excluding hydrogens is 331 g/mol. The van der Waals surface area contributed by atoms with Gasteiger partial charge in [-0.2, -0.15) is 0 Å². The third kappa shape index (κ3) is 4.54. The minimum absolute atomic E-state index is 0.785. The molecule has 7 heteroatoms. The summed E-state index contributed by atoms with van der Waals surface area (Å²) in [5.41, 5.74) is 0. The van der Waals surface area contributed by atoms with E-state index >= 15 is 0 Å². The number of rotatable bonds is 2. The van der Waals surface area contributed by atoms with Crippen molar-refractivity contribution in [3.05, 3.63) is 0 Å². The quantitative estimate of drug-likeness (QED) is 0.699. The first-order chi connectivity index (χ1) is 7.24. The normalized spacial score (nSPS) is 28.4. The summed E-state index contributed by atoms with van der Waals surface area (Å²) in [6.45, 7) is 0. The Balaban J connectivity index is 1.68. The van der Waals surface area contributed by atoms with Crippen molar-refractivity contribution >= 4 is 62.0 Å². The Kier molecular flexibility index (Phi) is 5.92. The summed E-state index contributed by atoms with van der Waals surface area (Å²) in [6.07, 6.45) is 0. The van der Waals surface area contributed by atoms with Gasteiger partial charge in [-0.25, -0.2) is 0 Å². The Labute approximate surface area is 116 Å². The first kappa shape index (κ1) is 13.3. The van der Waals surface area contributed by atoms with Crippen LogP contribution in [-0.2, 0) is 0 Å². The first-order valence-corrected chi connectivity index (χ1v) is 10.9. The molecule has 2 heterocycles. The van der Waals surface area contributed by atoms with E-state index in [9.17, 15) is 0 Å². The van der Waals surface area contributed by atoms with Gasteiger partial charge in [-0.1, -0.05) is 0 Å². The molecule has 0 aromatic carbocycles. The molecule has 2 saturated heterocycles. The van der Waals surface area contributed by atoms with Crippen molar-refractivity contribution < 1.29 is 0 Å². The number of hydrogen-bond donors (Lipinski definition) is 0. The molecule has 0 radical (unpaired) electrons. The molecule has 0 spiro atoms. The molecule has 88 valence electrons.